The number of hydrogen-bond donors (Lipinski definition) is 0. The second-order valence-corrected chi connectivity index (χ2v) is 6.21. The van der Waals surface area contributed by atoms with Crippen LogP contribution in [0.25, 0.3) is 0 Å². The first kappa shape index (κ1) is 13.6. The van der Waals surface area contributed by atoms with Gasteiger partial charge in [0.15, 0.2) is 0 Å². The number of hydrogen-bond acceptors (Lipinski definition) is 2. The van der Waals surface area contributed by atoms with E-state index >= 15 is 0 Å². The van der Waals surface area contributed by atoms with Crippen LogP contribution >= 0.6 is 11.8 Å². The normalized spacial score (nSPS) is 16.7. The van der Waals surface area contributed by atoms with Crippen molar-refractivity contribution in [1.82, 2.24) is 0 Å². The number of Topliss-reactive ketones (excluding diaryl/α,β-unsaturated/α-hetero) is 1. The lowest BCUT2D eigenvalue weighted by molar-refractivity contribution is -0.116. The molecule has 1 aliphatic rings. The fourth-order valence-electron chi connectivity index (χ4n) is 2.37. The molecule has 1 aliphatic carbocycles. The van der Waals surface area contributed by atoms with Gasteiger partial charge in [0.2, 0.25) is 0 Å². The van der Waals surface area contributed by atoms with Crippen LogP contribution in [0, 0.1) is 5.82 Å². The number of ketones is 1. The van der Waals surface area contributed by atoms with Crippen molar-refractivity contribution in [2.75, 3.05) is 5.75 Å². The first-order chi connectivity index (χ1) is 8.74. The molecule has 1 fully saturated rings. The van der Waals surface area contributed by atoms with E-state index in [1.165, 1.54) is 44.2 Å². The molecule has 1 saturated carbocycles. The summed E-state index contributed by atoms with van der Waals surface area (Å²) in [6.07, 6.45) is 6.80. The SMILES string of the molecule is O=C(CSC1CCCCC1)Cc1cccc(F)c1. The van der Waals surface area contributed by atoms with Crippen molar-refractivity contribution >= 4 is 17.5 Å². The van der Waals surface area contributed by atoms with Crippen molar-refractivity contribution in [3.63, 3.8) is 0 Å². The second-order valence-electron chi connectivity index (χ2n) is 4.92. The number of thioether (sulfide) groups is 1. The zero-order valence-corrected chi connectivity index (χ0v) is 11.3. The van der Waals surface area contributed by atoms with Crippen molar-refractivity contribution in [2.45, 2.75) is 43.8 Å². The average Bonchev–Trinajstić information content (AvgIpc) is 2.38. The molecular weight excluding hydrogens is 247 g/mol. The van der Waals surface area contributed by atoms with Crippen LogP contribution in [0.3, 0.4) is 0 Å². The van der Waals surface area contributed by atoms with Gasteiger partial charge in [-0.05, 0) is 30.5 Å². The third-order valence-corrected chi connectivity index (χ3v) is 4.75. The van der Waals surface area contributed by atoms with E-state index in [9.17, 15) is 9.18 Å². The van der Waals surface area contributed by atoms with Crippen molar-refractivity contribution < 1.29 is 9.18 Å². The molecule has 3 heteroatoms. The van der Waals surface area contributed by atoms with Gasteiger partial charge >= 0.3 is 0 Å². The molecule has 1 nitrogen and oxygen atoms in total. The zero-order chi connectivity index (χ0) is 12.8. The molecule has 98 valence electrons. The molecule has 0 saturated heterocycles. The van der Waals surface area contributed by atoms with E-state index in [0.29, 0.717) is 17.4 Å². The standard InChI is InChI=1S/C15H19FOS/c16-13-6-4-5-12(9-13)10-14(17)11-18-15-7-2-1-3-8-15/h4-6,9,15H,1-3,7-8,10-11H2. The molecule has 1 aromatic carbocycles. The summed E-state index contributed by atoms with van der Waals surface area (Å²) < 4.78 is 13.0. The van der Waals surface area contributed by atoms with Crippen LogP contribution in [0.2, 0.25) is 0 Å². The van der Waals surface area contributed by atoms with Crippen LogP contribution in [-0.4, -0.2) is 16.8 Å². The summed E-state index contributed by atoms with van der Waals surface area (Å²) >= 11 is 1.79. The molecule has 2 rings (SSSR count). The molecule has 0 aliphatic heterocycles. The fourth-order valence-corrected chi connectivity index (χ4v) is 3.56. The van der Waals surface area contributed by atoms with Gasteiger partial charge in [-0.3, -0.25) is 4.79 Å². The number of carbonyl (C=O) groups excluding carboxylic acids is 1. The highest BCUT2D eigenvalue weighted by Gasteiger charge is 2.15. The van der Waals surface area contributed by atoms with Crippen molar-refractivity contribution in [1.29, 1.82) is 0 Å². The minimum Gasteiger partial charge on any atom is -0.298 e. The van der Waals surface area contributed by atoms with E-state index in [-0.39, 0.29) is 11.6 Å². The Hall–Kier alpha value is -0.830. The van der Waals surface area contributed by atoms with Gasteiger partial charge in [0.05, 0.1) is 5.75 Å². The van der Waals surface area contributed by atoms with E-state index in [1.807, 2.05) is 6.07 Å². The number of carbonyl (C=O) groups is 1. The summed E-state index contributed by atoms with van der Waals surface area (Å²) in [6, 6.07) is 6.33. The molecule has 1 aromatic rings. The van der Waals surface area contributed by atoms with Crippen LogP contribution in [0.15, 0.2) is 24.3 Å². The number of benzene rings is 1. The summed E-state index contributed by atoms with van der Waals surface area (Å²) in [5, 5.41) is 0.662. The Labute approximate surface area is 112 Å². The highest BCUT2D eigenvalue weighted by molar-refractivity contribution is 8.00. The molecule has 0 radical (unpaired) electrons. The Kier molecular flexibility index (Phi) is 5.24. The van der Waals surface area contributed by atoms with Crippen LogP contribution in [0.5, 0.6) is 0 Å². The molecular formula is C15H19FOS. The monoisotopic (exact) mass is 266 g/mol. The maximum absolute atomic E-state index is 13.0. The Bertz CT molecular complexity index is 399. The van der Waals surface area contributed by atoms with E-state index < -0.39 is 0 Å². The lowest BCUT2D eigenvalue weighted by Crippen LogP contribution is -2.13. The van der Waals surface area contributed by atoms with Crippen LogP contribution < -0.4 is 0 Å². The Balaban J connectivity index is 1.74. The van der Waals surface area contributed by atoms with Gasteiger partial charge in [-0.2, -0.15) is 11.8 Å². The lowest BCUT2D eigenvalue weighted by Gasteiger charge is -2.20. The predicted octanol–water partition coefficient (Wildman–Crippen LogP) is 4.00. The first-order valence-corrected chi connectivity index (χ1v) is 7.66. The summed E-state index contributed by atoms with van der Waals surface area (Å²) in [5.41, 5.74) is 0.782. The maximum Gasteiger partial charge on any atom is 0.147 e. The minimum atomic E-state index is -0.264. The smallest absolute Gasteiger partial charge is 0.147 e. The summed E-state index contributed by atoms with van der Waals surface area (Å²) in [7, 11) is 0. The summed E-state index contributed by atoms with van der Waals surface area (Å²) in [4.78, 5) is 11.8. The van der Waals surface area contributed by atoms with Crippen LogP contribution in [-0.2, 0) is 11.2 Å². The average molecular weight is 266 g/mol. The van der Waals surface area contributed by atoms with E-state index in [4.69, 9.17) is 0 Å². The molecule has 0 heterocycles. The summed E-state index contributed by atoms with van der Waals surface area (Å²) in [6.45, 7) is 0. The summed E-state index contributed by atoms with van der Waals surface area (Å²) in [5.74, 6) is 0.512. The van der Waals surface area contributed by atoms with Crippen molar-refractivity contribution in [3.05, 3.63) is 35.6 Å². The Morgan fingerprint density at radius 3 is 2.78 bits per heavy atom. The quantitative estimate of drug-likeness (QED) is 0.801. The third kappa shape index (κ3) is 4.45. The maximum atomic E-state index is 13.0. The first-order valence-electron chi connectivity index (χ1n) is 6.62. The molecule has 18 heavy (non-hydrogen) atoms. The highest BCUT2D eigenvalue weighted by Crippen LogP contribution is 2.28. The van der Waals surface area contributed by atoms with Gasteiger partial charge in [0.1, 0.15) is 11.6 Å². The molecule has 0 unspecified atom stereocenters. The van der Waals surface area contributed by atoms with Gasteiger partial charge in [0.25, 0.3) is 0 Å². The van der Waals surface area contributed by atoms with Gasteiger partial charge in [0, 0.05) is 11.7 Å². The van der Waals surface area contributed by atoms with Gasteiger partial charge < -0.3 is 0 Å². The Morgan fingerprint density at radius 2 is 2.06 bits per heavy atom. The molecule has 0 bridgehead atoms. The van der Waals surface area contributed by atoms with Gasteiger partial charge in [-0.25, -0.2) is 4.39 Å². The highest BCUT2D eigenvalue weighted by atomic mass is 32.2. The lowest BCUT2D eigenvalue weighted by atomic mass is 10.0. The van der Waals surface area contributed by atoms with E-state index in [0.717, 1.165) is 5.56 Å². The minimum absolute atomic E-state index is 0.205. The molecule has 0 atom stereocenters. The molecule has 0 N–H and O–H groups in total. The third-order valence-electron chi connectivity index (χ3n) is 3.32. The van der Waals surface area contributed by atoms with Crippen molar-refractivity contribution in [3.8, 4) is 0 Å². The van der Waals surface area contributed by atoms with E-state index in [1.54, 1.807) is 17.8 Å². The predicted molar refractivity (Wildman–Crippen MR) is 74.4 cm³/mol. The van der Waals surface area contributed by atoms with Crippen LogP contribution in [0.1, 0.15) is 37.7 Å². The fraction of sp³-hybridized carbons (Fsp3) is 0.533. The number of halogens is 1. The van der Waals surface area contributed by atoms with E-state index in [2.05, 4.69) is 0 Å². The second kappa shape index (κ2) is 6.93. The molecule has 0 spiro atoms. The molecule has 0 aromatic heterocycles. The van der Waals surface area contributed by atoms with Gasteiger partial charge in [-0.15, -0.1) is 0 Å². The zero-order valence-electron chi connectivity index (χ0n) is 10.5. The van der Waals surface area contributed by atoms with Crippen molar-refractivity contribution in [2.24, 2.45) is 0 Å². The number of rotatable bonds is 5. The topological polar surface area (TPSA) is 17.1 Å². The Morgan fingerprint density at radius 1 is 1.28 bits per heavy atom. The largest absolute Gasteiger partial charge is 0.298 e. The van der Waals surface area contributed by atoms with Gasteiger partial charge in [-0.1, -0.05) is 31.4 Å². The molecule has 0 amide bonds. The van der Waals surface area contributed by atoms with Crippen LogP contribution in [0.4, 0.5) is 4.39 Å².